The molecule has 0 aliphatic heterocycles. The summed E-state index contributed by atoms with van der Waals surface area (Å²) in [6.45, 7) is 6.39. The Morgan fingerprint density at radius 2 is 2.19 bits per heavy atom. The first-order chi connectivity index (χ1) is 15.4. The maximum Gasteiger partial charge on any atom is 0.262 e. The molecule has 0 saturated carbocycles. The Labute approximate surface area is 188 Å². The van der Waals surface area contributed by atoms with Crippen LogP contribution in [0.2, 0.25) is 0 Å². The average molecular weight is 450 g/mol. The minimum absolute atomic E-state index is 0.0762. The number of nitrogens with one attached hydrogen (secondary N) is 1. The SMILES string of the molecule is CCc1cc2c(=O)n(CCC(=O)Nc3c(C#N)c(C)c(C)n3Cc3ccco3)cnc2s1. The summed E-state index contributed by atoms with van der Waals surface area (Å²) in [6.07, 6.45) is 4.00. The molecule has 4 aromatic heterocycles. The standard InChI is InChI=1S/C23H23N5O3S/c1-4-17-10-18-22(32-17)25-13-27(23(18)30)8-7-20(29)26-21-19(11-24)14(2)15(3)28(21)12-16-6-5-9-31-16/h5-6,9-10,13H,4,7-8,12H2,1-3H3,(H,26,29). The number of furan rings is 1. The van der Waals surface area contributed by atoms with E-state index in [0.717, 1.165) is 28.3 Å². The fourth-order valence-corrected chi connectivity index (χ4v) is 4.57. The van der Waals surface area contributed by atoms with Crippen molar-refractivity contribution < 1.29 is 9.21 Å². The lowest BCUT2D eigenvalue weighted by atomic mass is 10.2. The Kier molecular flexibility index (Phi) is 5.97. The van der Waals surface area contributed by atoms with Crippen molar-refractivity contribution >= 4 is 33.3 Å². The third kappa shape index (κ3) is 3.97. The number of amides is 1. The van der Waals surface area contributed by atoms with Crippen molar-refractivity contribution in [1.29, 1.82) is 5.26 Å². The molecule has 4 rings (SSSR count). The molecule has 0 unspecified atom stereocenters. The van der Waals surface area contributed by atoms with Crippen LogP contribution in [0.3, 0.4) is 0 Å². The molecule has 0 aliphatic rings. The zero-order chi connectivity index (χ0) is 22.8. The maximum absolute atomic E-state index is 12.8. The number of hydrogen-bond donors (Lipinski definition) is 1. The number of fused-ring (bicyclic) bond motifs is 1. The predicted molar refractivity (Wildman–Crippen MR) is 123 cm³/mol. The molecule has 0 radical (unpaired) electrons. The highest BCUT2D eigenvalue weighted by atomic mass is 32.1. The third-order valence-corrected chi connectivity index (χ3v) is 6.78. The fraction of sp³-hybridized carbons (Fsp3) is 0.304. The number of thiophene rings is 1. The molecule has 1 amide bonds. The number of anilines is 1. The second kappa shape index (κ2) is 8.85. The van der Waals surface area contributed by atoms with Gasteiger partial charge in [-0.05, 0) is 44.0 Å². The maximum atomic E-state index is 12.8. The number of nitriles is 1. The smallest absolute Gasteiger partial charge is 0.262 e. The van der Waals surface area contributed by atoms with Crippen molar-refractivity contribution in [2.75, 3.05) is 5.32 Å². The molecule has 0 saturated heterocycles. The summed E-state index contributed by atoms with van der Waals surface area (Å²) in [5.74, 6) is 0.873. The second-order valence-corrected chi connectivity index (χ2v) is 8.65. The quantitative estimate of drug-likeness (QED) is 0.459. The minimum Gasteiger partial charge on any atom is -0.467 e. The van der Waals surface area contributed by atoms with E-state index in [-0.39, 0.29) is 24.4 Å². The summed E-state index contributed by atoms with van der Waals surface area (Å²) in [7, 11) is 0. The molecule has 0 aliphatic carbocycles. The van der Waals surface area contributed by atoms with Gasteiger partial charge in [-0.15, -0.1) is 11.3 Å². The summed E-state index contributed by atoms with van der Waals surface area (Å²) < 4.78 is 8.76. The van der Waals surface area contributed by atoms with Gasteiger partial charge in [-0.1, -0.05) is 6.92 Å². The van der Waals surface area contributed by atoms with Gasteiger partial charge in [-0.3, -0.25) is 14.2 Å². The number of nitrogens with zero attached hydrogens (tertiary/aromatic N) is 4. The summed E-state index contributed by atoms with van der Waals surface area (Å²) >= 11 is 1.51. The van der Waals surface area contributed by atoms with E-state index in [2.05, 4.69) is 16.4 Å². The molecule has 164 valence electrons. The van der Waals surface area contributed by atoms with Crippen LogP contribution in [-0.2, 0) is 24.3 Å². The molecule has 0 fully saturated rings. The summed E-state index contributed by atoms with van der Waals surface area (Å²) in [5.41, 5.74) is 1.96. The zero-order valence-corrected chi connectivity index (χ0v) is 19.0. The molecule has 0 bridgehead atoms. The first-order valence-electron chi connectivity index (χ1n) is 10.3. The van der Waals surface area contributed by atoms with E-state index < -0.39 is 0 Å². The molecule has 4 heterocycles. The first-order valence-corrected chi connectivity index (χ1v) is 11.1. The van der Waals surface area contributed by atoms with E-state index in [1.807, 2.05) is 37.5 Å². The third-order valence-electron chi connectivity index (χ3n) is 5.59. The normalized spacial score (nSPS) is 11.1. The topological polar surface area (TPSA) is 106 Å². The summed E-state index contributed by atoms with van der Waals surface area (Å²) in [6, 6.07) is 7.70. The number of carbonyl (C=O) groups excluding carboxylic acids is 1. The van der Waals surface area contributed by atoms with E-state index in [1.54, 1.807) is 12.3 Å². The van der Waals surface area contributed by atoms with Gasteiger partial charge < -0.3 is 14.3 Å². The van der Waals surface area contributed by atoms with Crippen LogP contribution in [0.15, 0.2) is 40.0 Å². The van der Waals surface area contributed by atoms with Crippen molar-refractivity contribution in [3.63, 3.8) is 0 Å². The largest absolute Gasteiger partial charge is 0.467 e. The Hall–Kier alpha value is -3.64. The number of hydrogen-bond acceptors (Lipinski definition) is 6. The van der Waals surface area contributed by atoms with Crippen molar-refractivity contribution in [3.8, 4) is 6.07 Å². The number of rotatable bonds is 7. The van der Waals surface area contributed by atoms with Gasteiger partial charge in [0.1, 0.15) is 22.5 Å². The Balaban J connectivity index is 1.54. The van der Waals surface area contributed by atoms with E-state index in [4.69, 9.17) is 4.42 Å². The lowest BCUT2D eigenvalue weighted by molar-refractivity contribution is -0.116. The van der Waals surface area contributed by atoms with Gasteiger partial charge in [-0.25, -0.2) is 4.98 Å². The van der Waals surface area contributed by atoms with Crippen LogP contribution < -0.4 is 10.9 Å². The van der Waals surface area contributed by atoms with E-state index in [9.17, 15) is 14.9 Å². The van der Waals surface area contributed by atoms with Gasteiger partial charge in [0.15, 0.2) is 0 Å². The Bertz CT molecular complexity index is 1390. The molecular weight excluding hydrogens is 426 g/mol. The van der Waals surface area contributed by atoms with Gasteiger partial charge in [0.25, 0.3) is 5.56 Å². The van der Waals surface area contributed by atoms with Crippen molar-refractivity contribution in [1.82, 2.24) is 14.1 Å². The number of carbonyl (C=O) groups is 1. The predicted octanol–water partition coefficient (Wildman–Crippen LogP) is 3.98. The van der Waals surface area contributed by atoms with E-state index in [1.165, 1.54) is 22.2 Å². The number of aryl methyl sites for hydroxylation is 2. The van der Waals surface area contributed by atoms with Crippen LogP contribution in [0.25, 0.3) is 10.2 Å². The minimum atomic E-state index is -0.286. The van der Waals surface area contributed by atoms with E-state index in [0.29, 0.717) is 28.1 Å². The number of aromatic nitrogens is 3. The molecule has 4 aromatic rings. The molecule has 0 aromatic carbocycles. The van der Waals surface area contributed by atoms with E-state index >= 15 is 0 Å². The van der Waals surface area contributed by atoms with Crippen LogP contribution in [0.4, 0.5) is 5.82 Å². The van der Waals surface area contributed by atoms with Crippen LogP contribution in [0.1, 0.15) is 40.8 Å². The lowest BCUT2D eigenvalue weighted by Gasteiger charge is -2.12. The van der Waals surface area contributed by atoms with Gasteiger partial charge in [-0.2, -0.15) is 5.26 Å². The average Bonchev–Trinajstić information content (AvgIpc) is 3.50. The zero-order valence-electron chi connectivity index (χ0n) is 18.1. The fourth-order valence-electron chi connectivity index (χ4n) is 3.65. The molecule has 32 heavy (non-hydrogen) atoms. The van der Waals surface area contributed by atoms with Crippen molar-refractivity contribution in [2.45, 2.75) is 46.7 Å². The van der Waals surface area contributed by atoms with Gasteiger partial charge in [0.05, 0.1) is 30.1 Å². The first kappa shape index (κ1) is 21.6. The Morgan fingerprint density at radius 3 is 2.88 bits per heavy atom. The lowest BCUT2D eigenvalue weighted by Crippen LogP contribution is -2.24. The van der Waals surface area contributed by atoms with Crippen LogP contribution >= 0.6 is 11.3 Å². The molecule has 0 spiro atoms. The summed E-state index contributed by atoms with van der Waals surface area (Å²) in [5, 5.41) is 13.1. The van der Waals surface area contributed by atoms with Gasteiger partial charge >= 0.3 is 0 Å². The second-order valence-electron chi connectivity index (χ2n) is 7.54. The van der Waals surface area contributed by atoms with Crippen molar-refractivity contribution in [3.05, 3.63) is 68.6 Å². The highest BCUT2D eigenvalue weighted by Crippen LogP contribution is 2.27. The molecular formula is C23H23N5O3S. The molecule has 8 nitrogen and oxygen atoms in total. The van der Waals surface area contributed by atoms with Crippen LogP contribution in [-0.4, -0.2) is 20.0 Å². The Morgan fingerprint density at radius 1 is 1.38 bits per heavy atom. The monoisotopic (exact) mass is 449 g/mol. The van der Waals surface area contributed by atoms with Crippen LogP contribution in [0, 0.1) is 25.2 Å². The molecule has 1 N–H and O–H groups in total. The highest BCUT2D eigenvalue weighted by Gasteiger charge is 2.20. The molecule has 9 heteroatoms. The van der Waals surface area contributed by atoms with Gasteiger partial charge in [0.2, 0.25) is 5.91 Å². The van der Waals surface area contributed by atoms with Crippen LogP contribution in [0.5, 0.6) is 0 Å². The van der Waals surface area contributed by atoms with Crippen molar-refractivity contribution in [2.24, 2.45) is 0 Å². The molecule has 0 atom stereocenters. The van der Waals surface area contributed by atoms with Gasteiger partial charge in [0, 0.05) is 23.5 Å². The highest BCUT2D eigenvalue weighted by molar-refractivity contribution is 7.18. The summed E-state index contributed by atoms with van der Waals surface area (Å²) in [4.78, 5) is 31.7.